The minimum absolute atomic E-state index is 0.198. The van der Waals surface area contributed by atoms with Crippen molar-refractivity contribution in [2.24, 2.45) is 0 Å². The van der Waals surface area contributed by atoms with Crippen LogP contribution < -0.4 is 21.3 Å². The molecule has 0 saturated carbocycles. The van der Waals surface area contributed by atoms with E-state index in [2.05, 4.69) is 60.8 Å². The molecule has 4 aromatic heterocycles. The topological polar surface area (TPSA) is 184 Å². The van der Waals surface area contributed by atoms with Gasteiger partial charge in [-0.15, -0.1) is 0 Å². The Morgan fingerprint density at radius 1 is 0.361 bits per heavy atom. The average molecular weight is 973 g/mol. The molecule has 4 saturated heterocycles. The largest absolute Gasteiger partial charge is 0.383 e. The standard InChI is InChI=1S/C54H60N12O6/c67-49-45-41(59-21-25-63-29-33-69-51(63)37-5-13-55-14-6-37)1-2-42(60-22-26-64-30-34-70-52(64)38-7-15-56-16-8-38)46(45)50(68)48-44(62-24-28-66-32-36-72-54(66)40-11-19-58-20-12-40)4-3-43(47(48)49)61-23-27-65-31-35-71-53(65)39-9-17-57-18-10-39/h1-20,51-54,59-62H,21-36H2. The molecule has 4 N–H and O–H groups in total. The number of hydrogen-bond donors (Lipinski definition) is 4. The predicted molar refractivity (Wildman–Crippen MR) is 272 cm³/mol. The van der Waals surface area contributed by atoms with Gasteiger partial charge in [0.15, 0.2) is 11.6 Å². The van der Waals surface area contributed by atoms with Crippen molar-refractivity contribution in [3.8, 4) is 0 Å². The molecule has 6 aromatic rings. The lowest BCUT2D eigenvalue weighted by Gasteiger charge is -2.29. The number of aromatic nitrogens is 4. The van der Waals surface area contributed by atoms with E-state index in [-0.39, 0.29) is 36.5 Å². The lowest BCUT2D eigenvalue weighted by molar-refractivity contribution is 0.0345. The summed E-state index contributed by atoms with van der Waals surface area (Å²) in [6.45, 7) is 10.1. The minimum atomic E-state index is -0.230. The lowest BCUT2D eigenvalue weighted by Crippen LogP contribution is -2.33. The SMILES string of the molecule is O=C1c2c(NCCN3CCOC3c3ccncc3)ccc(NCCN3CCOC3c3ccncc3)c2C(=O)c2c(NCCN3CCOC3c3ccncc3)ccc(NCCN3CCOC3c3ccncc3)c21. The number of carbonyl (C=O) groups is 2. The number of carbonyl (C=O) groups excluding carboxylic acids is 2. The Morgan fingerprint density at radius 3 is 0.806 bits per heavy atom. The number of ketones is 2. The first-order valence-corrected chi connectivity index (χ1v) is 25.0. The van der Waals surface area contributed by atoms with Crippen molar-refractivity contribution in [3.05, 3.63) is 167 Å². The number of anilines is 4. The maximum Gasteiger partial charge on any atom is 0.198 e. The van der Waals surface area contributed by atoms with Crippen LogP contribution in [-0.2, 0) is 18.9 Å². The summed E-state index contributed by atoms with van der Waals surface area (Å²) >= 11 is 0. The van der Waals surface area contributed by atoms with Crippen LogP contribution in [0.5, 0.6) is 0 Å². The number of rotatable bonds is 20. The summed E-state index contributed by atoms with van der Waals surface area (Å²) in [5.41, 5.74) is 7.94. The molecule has 18 nitrogen and oxygen atoms in total. The van der Waals surface area contributed by atoms with Crippen LogP contribution in [0.25, 0.3) is 0 Å². The van der Waals surface area contributed by atoms with Crippen molar-refractivity contribution in [1.29, 1.82) is 0 Å². The van der Waals surface area contributed by atoms with Gasteiger partial charge in [0.05, 0.1) is 48.7 Å². The molecule has 0 amide bonds. The zero-order valence-electron chi connectivity index (χ0n) is 40.2. The third-order valence-electron chi connectivity index (χ3n) is 14.1. The van der Waals surface area contributed by atoms with Gasteiger partial charge in [-0.05, 0) is 95.1 Å². The van der Waals surface area contributed by atoms with Crippen LogP contribution in [0.3, 0.4) is 0 Å². The first-order chi connectivity index (χ1) is 35.6. The van der Waals surface area contributed by atoms with Crippen LogP contribution in [0.4, 0.5) is 22.7 Å². The second kappa shape index (κ2) is 22.4. The number of pyridine rings is 4. The van der Waals surface area contributed by atoms with Crippen LogP contribution in [0.2, 0.25) is 0 Å². The molecule has 11 rings (SSSR count). The zero-order chi connectivity index (χ0) is 48.6. The first kappa shape index (κ1) is 47.6. The van der Waals surface area contributed by atoms with Crippen molar-refractivity contribution >= 4 is 34.3 Å². The summed E-state index contributed by atoms with van der Waals surface area (Å²) in [6.07, 6.45) is 13.4. The Labute approximate surface area is 419 Å². The summed E-state index contributed by atoms with van der Waals surface area (Å²) in [4.78, 5) is 57.2. The number of ether oxygens (including phenoxy) is 4. The first-order valence-electron chi connectivity index (χ1n) is 25.0. The van der Waals surface area contributed by atoms with Gasteiger partial charge in [-0.1, -0.05) is 0 Å². The number of hydrogen-bond acceptors (Lipinski definition) is 18. The summed E-state index contributed by atoms with van der Waals surface area (Å²) in [6, 6.07) is 23.5. The molecule has 18 heteroatoms. The summed E-state index contributed by atoms with van der Waals surface area (Å²) in [7, 11) is 0. The average Bonchev–Trinajstić information content (AvgIpc) is 4.29. The highest BCUT2D eigenvalue weighted by atomic mass is 16.5. The smallest absolute Gasteiger partial charge is 0.198 e. The molecule has 72 heavy (non-hydrogen) atoms. The van der Waals surface area contributed by atoms with Gasteiger partial charge in [-0.25, -0.2) is 0 Å². The summed E-state index contributed by atoms with van der Waals surface area (Å²) < 4.78 is 24.6. The van der Waals surface area contributed by atoms with Gasteiger partial charge in [0.2, 0.25) is 0 Å². The van der Waals surface area contributed by atoms with Gasteiger partial charge in [-0.2, -0.15) is 0 Å². The van der Waals surface area contributed by atoms with Crippen LogP contribution in [0.1, 0.15) is 79.0 Å². The van der Waals surface area contributed by atoms with Gasteiger partial charge in [-0.3, -0.25) is 49.1 Å². The molecule has 5 aliphatic rings. The van der Waals surface area contributed by atoms with E-state index in [1.54, 1.807) is 49.6 Å². The molecule has 2 aromatic carbocycles. The Kier molecular flexibility index (Phi) is 14.8. The van der Waals surface area contributed by atoms with Crippen molar-refractivity contribution < 1.29 is 28.5 Å². The summed E-state index contributed by atoms with van der Waals surface area (Å²) in [5, 5.41) is 14.4. The quantitative estimate of drug-likeness (QED) is 0.0717. The maximum atomic E-state index is 15.7. The van der Waals surface area contributed by atoms with E-state index >= 15 is 9.59 Å². The van der Waals surface area contributed by atoms with Crippen molar-refractivity contribution in [1.82, 2.24) is 39.5 Å². The van der Waals surface area contributed by atoms with Crippen LogP contribution in [0, 0.1) is 0 Å². The number of nitrogens with zero attached hydrogens (tertiary/aromatic N) is 8. The lowest BCUT2D eigenvalue weighted by atomic mass is 9.80. The van der Waals surface area contributed by atoms with E-state index in [1.165, 1.54) is 0 Å². The third kappa shape index (κ3) is 10.2. The van der Waals surface area contributed by atoms with E-state index in [4.69, 9.17) is 18.9 Å². The molecule has 0 spiro atoms. The molecule has 1 aliphatic carbocycles. The predicted octanol–water partition coefficient (Wildman–Crippen LogP) is 5.81. The Balaban J connectivity index is 0.892. The number of benzene rings is 2. The van der Waals surface area contributed by atoms with E-state index in [0.29, 0.717) is 124 Å². The second-order valence-corrected chi connectivity index (χ2v) is 18.3. The van der Waals surface area contributed by atoms with Crippen molar-refractivity contribution in [2.75, 3.05) is 126 Å². The Hall–Kier alpha value is -6.74. The van der Waals surface area contributed by atoms with E-state index in [0.717, 1.165) is 48.4 Å². The number of fused-ring (bicyclic) bond motifs is 2. The minimum Gasteiger partial charge on any atom is -0.383 e. The Bertz CT molecular complexity index is 2420. The van der Waals surface area contributed by atoms with E-state index < -0.39 is 0 Å². The molecule has 0 radical (unpaired) electrons. The fourth-order valence-electron chi connectivity index (χ4n) is 10.6. The Morgan fingerprint density at radius 2 is 0.583 bits per heavy atom. The monoisotopic (exact) mass is 972 g/mol. The fourth-order valence-corrected chi connectivity index (χ4v) is 10.6. The highest BCUT2D eigenvalue weighted by molar-refractivity contribution is 6.35. The van der Waals surface area contributed by atoms with Crippen LogP contribution in [0.15, 0.2) is 122 Å². The number of nitrogens with one attached hydrogen (secondary N) is 4. The second-order valence-electron chi connectivity index (χ2n) is 18.3. The maximum absolute atomic E-state index is 15.7. The highest BCUT2D eigenvalue weighted by Gasteiger charge is 2.39. The van der Waals surface area contributed by atoms with Gasteiger partial charge in [0.25, 0.3) is 0 Å². The molecular formula is C54H60N12O6. The van der Waals surface area contributed by atoms with E-state index in [9.17, 15) is 0 Å². The molecule has 8 heterocycles. The third-order valence-corrected chi connectivity index (χ3v) is 14.1. The van der Waals surface area contributed by atoms with Gasteiger partial charge in [0.1, 0.15) is 24.9 Å². The normalized spacial score (nSPS) is 21.5. The van der Waals surface area contributed by atoms with Gasteiger partial charge in [0, 0.05) is 151 Å². The van der Waals surface area contributed by atoms with Crippen LogP contribution >= 0.6 is 0 Å². The molecule has 4 aliphatic heterocycles. The molecule has 4 unspecified atom stereocenters. The zero-order valence-corrected chi connectivity index (χ0v) is 40.2. The van der Waals surface area contributed by atoms with Crippen molar-refractivity contribution in [2.45, 2.75) is 24.9 Å². The molecule has 0 bridgehead atoms. The summed E-state index contributed by atoms with van der Waals surface area (Å²) in [5.74, 6) is -0.460. The molecule has 4 fully saturated rings. The van der Waals surface area contributed by atoms with Gasteiger partial charge < -0.3 is 40.2 Å². The molecule has 372 valence electrons. The van der Waals surface area contributed by atoms with E-state index in [1.807, 2.05) is 72.8 Å². The molecular weight excluding hydrogens is 913 g/mol. The highest BCUT2D eigenvalue weighted by Crippen LogP contribution is 2.42. The fraction of sp³-hybridized carbons (Fsp3) is 0.370. The van der Waals surface area contributed by atoms with Crippen LogP contribution in [-0.4, -0.2) is 156 Å². The van der Waals surface area contributed by atoms with Crippen molar-refractivity contribution in [3.63, 3.8) is 0 Å². The molecule has 4 atom stereocenters. The van der Waals surface area contributed by atoms with Gasteiger partial charge >= 0.3 is 0 Å².